The van der Waals surface area contributed by atoms with Gasteiger partial charge in [-0.3, -0.25) is 9.97 Å². The zero-order chi connectivity index (χ0) is 12.4. The van der Waals surface area contributed by atoms with Crippen LogP contribution in [0.5, 0.6) is 0 Å². The Hall–Kier alpha value is -2.69. The van der Waals surface area contributed by atoms with Crippen molar-refractivity contribution in [2.24, 2.45) is 0 Å². The summed E-state index contributed by atoms with van der Waals surface area (Å²) in [5.41, 5.74) is 9.08. The van der Waals surface area contributed by atoms with Gasteiger partial charge in [0, 0.05) is 29.8 Å². The monoisotopic (exact) mass is 237 g/mol. The van der Waals surface area contributed by atoms with Crippen molar-refractivity contribution in [1.29, 1.82) is 0 Å². The van der Waals surface area contributed by atoms with Crippen LogP contribution in [0.4, 0.5) is 5.69 Å². The molecule has 0 aliphatic heterocycles. The molecule has 1 aromatic carbocycles. The van der Waals surface area contributed by atoms with Crippen molar-refractivity contribution in [3.8, 4) is 16.9 Å². The first-order chi connectivity index (χ1) is 8.83. The molecule has 0 radical (unpaired) electrons. The van der Waals surface area contributed by atoms with E-state index in [0.717, 1.165) is 22.6 Å². The number of nitrogens with two attached hydrogens (primary N) is 1. The highest BCUT2D eigenvalue weighted by atomic mass is 15.3. The number of hydrogen-bond acceptors (Lipinski definition) is 4. The molecule has 88 valence electrons. The molecule has 0 bridgehead atoms. The van der Waals surface area contributed by atoms with Crippen LogP contribution in [0.15, 0.2) is 55.2 Å². The molecule has 0 saturated heterocycles. The molecule has 0 atom stereocenters. The molecule has 0 saturated carbocycles. The highest BCUT2D eigenvalue weighted by molar-refractivity contribution is 5.56. The van der Waals surface area contributed by atoms with Crippen molar-refractivity contribution in [3.63, 3.8) is 0 Å². The molecular weight excluding hydrogens is 226 g/mol. The molecule has 0 fully saturated rings. The molecule has 0 amide bonds. The Morgan fingerprint density at radius 2 is 1.83 bits per heavy atom. The van der Waals surface area contributed by atoms with Crippen molar-refractivity contribution in [3.05, 3.63) is 55.2 Å². The van der Waals surface area contributed by atoms with Crippen molar-refractivity contribution in [2.45, 2.75) is 0 Å². The van der Waals surface area contributed by atoms with E-state index in [1.54, 1.807) is 29.5 Å². The summed E-state index contributed by atoms with van der Waals surface area (Å²) in [7, 11) is 0. The molecule has 0 spiro atoms. The van der Waals surface area contributed by atoms with E-state index in [1.165, 1.54) is 0 Å². The first-order valence-corrected chi connectivity index (χ1v) is 5.50. The average molecular weight is 237 g/mol. The first-order valence-electron chi connectivity index (χ1n) is 5.50. The minimum atomic E-state index is 0.736. The minimum Gasteiger partial charge on any atom is -0.399 e. The third-order valence-electron chi connectivity index (χ3n) is 2.60. The van der Waals surface area contributed by atoms with Crippen molar-refractivity contribution < 1.29 is 0 Å². The lowest BCUT2D eigenvalue weighted by Crippen LogP contribution is -1.94. The van der Waals surface area contributed by atoms with E-state index in [4.69, 9.17) is 5.73 Å². The zero-order valence-corrected chi connectivity index (χ0v) is 9.56. The maximum atomic E-state index is 5.65. The summed E-state index contributed by atoms with van der Waals surface area (Å²) in [6.07, 6.45) is 8.70. The Morgan fingerprint density at radius 1 is 1.00 bits per heavy atom. The largest absolute Gasteiger partial charge is 0.399 e. The van der Waals surface area contributed by atoms with Crippen LogP contribution in [0, 0.1) is 0 Å². The van der Waals surface area contributed by atoms with Gasteiger partial charge in [-0.15, -0.1) is 0 Å². The quantitative estimate of drug-likeness (QED) is 0.691. The lowest BCUT2D eigenvalue weighted by molar-refractivity contribution is 0.881. The van der Waals surface area contributed by atoms with Crippen LogP contribution >= 0.6 is 0 Å². The molecule has 18 heavy (non-hydrogen) atoms. The number of benzene rings is 1. The Labute approximate surface area is 104 Å². The normalized spacial score (nSPS) is 10.4. The topological polar surface area (TPSA) is 69.6 Å². The van der Waals surface area contributed by atoms with Gasteiger partial charge in [0.15, 0.2) is 0 Å². The molecule has 3 rings (SSSR count). The Balaban J connectivity index is 1.97. The summed E-state index contributed by atoms with van der Waals surface area (Å²) in [6.45, 7) is 0. The highest BCUT2D eigenvalue weighted by Gasteiger charge is 2.04. The predicted octanol–water partition coefficient (Wildman–Crippen LogP) is 1.91. The second kappa shape index (κ2) is 4.29. The van der Waals surface area contributed by atoms with E-state index >= 15 is 0 Å². The molecule has 0 aliphatic carbocycles. The van der Waals surface area contributed by atoms with Gasteiger partial charge in [-0.2, -0.15) is 5.10 Å². The fraction of sp³-hybridized carbons (Fsp3) is 0. The standard InChI is InChI=1S/C13H11N5/c14-11-1-3-12(4-2-11)18-9-10(7-17-18)13-8-15-5-6-16-13/h1-9H,14H2. The molecule has 2 N–H and O–H groups in total. The second-order valence-electron chi connectivity index (χ2n) is 3.86. The van der Waals surface area contributed by atoms with Gasteiger partial charge in [-0.1, -0.05) is 0 Å². The number of rotatable bonds is 2. The number of nitrogen functional groups attached to an aromatic ring is 1. The lowest BCUT2D eigenvalue weighted by Gasteiger charge is -2.00. The molecule has 5 heteroatoms. The van der Waals surface area contributed by atoms with Gasteiger partial charge in [0.25, 0.3) is 0 Å². The maximum absolute atomic E-state index is 5.65. The van der Waals surface area contributed by atoms with Crippen LogP contribution < -0.4 is 5.73 Å². The Bertz CT molecular complexity index is 643. The van der Waals surface area contributed by atoms with Gasteiger partial charge in [-0.05, 0) is 24.3 Å². The fourth-order valence-electron chi connectivity index (χ4n) is 1.67. The van der Waals surface area contributed by atoms with Gasteiger partial charge >= 0.3 is 0 Å². The summed E-state index contributed by atoms with van der Waals surface area (Å²) in [5.74, 6) is 0. The minimum absolute atomic E-state index is 0.736. The smallest absolute Gasteiger partial charge is 0.0916 e. The second-order valence-corrected chi connectivity index (χ2v) is 3.86. The molecule has 0 unspecified atom stereocenters. The van der Waals surface area contributed by atoms with Crippen molar-refractivity contribution in [2.75, 3.05) is 5.73 Å². The van der Waals surface area contributed by atoms with E-state index < -0.39 is 0 Å². The van der Waals surface area contributed by atoms with E-state index in [1.807, 2.05) is 30.5 Å². The van der Waals surface area contributed by atoms with Crippen LogP contribution in [-0.2, 0) is 0 Å². The van der Waals surface area contributed by atoms with Gasteiger partial charge < -0.3 is 5.73 Å². The fourth-order valence-corrected chi connectivity index (χ4v) is 1.67. The predicted molar refractivity (Wildman–Crippen MR) is 69.0 cm³/mol. The third-order valence-corrected chi connectivity index (χ3v) is 2.60. The van der Waals surface area contributed by atoms with E-state index in [2.05, 4.69) is 15.1 Å². The SMILES string of the molecule is Nc1ccc(-n2cc(-c3cnccn3)cn2)cc1. The molecule has 5 nitrogen and oxygen atoms in total. The number of hydrogen-bond donors (Lipinski definition) is 1. The van der Waals surface area contributed by atoms with Gasteiger partial charge in [-0.25, -0.2) is 4.68 Å². The first kappa shape index (κ1) is 10.5. The molecular formula is C13H11N5. The number of nitrogens with zero attached hydrogens (tertiary/aromatic N) is 4. The summed E-state index contributed by atoms with van der Waals surface area (Å²) in [5, 5.41) is 4.30. The molecule has 0 aliphatic rings. The molecule has 2 aromatic heterocycles. The number of aromatic nitrogens is 4. The molecule has 2 heterocycles. The summed E-state index contributed by atoms with van der Waals surface area (Å²) in [6, 6.07) is 7.53. The van der Waals surface area contributed by atoms with E-state index in [-0.39, 0.29) is 0 Å². The van der Waals surface area contributed by atoms with Crippen molar-refractivity contribution >= 4 is 5.69 Å². The summed E-state index contributed by atoms with van der Waals surface area (Å²) in [4.78, 5) is 8.27. The van der Waals surface area contributed by atoms with Crippen LogP contribution in [-0.4, -0.2) is 19.7 Å². The van der Waals surface area contributed by atoms with Gasteiger partial charge in [0.1, 0.15) is 0 Å². The molecule has 3 aromatic rings. The maximum Gasteiger partial charge on any atom is 0.0916 e. The van der Waals surface area contributed by atoms with E-state index in [0.29, 0.717) is 0 Å². The van der Waals surface area contributed by atoms with Crippen molar-refractivity contribution in [1.82, 2.24) is 19.7 Å². The van der Waals surface area contributed by atoms with Crippen LogP contribution in [0.3, 0.4) is 0 Å². The zero-order valence-electron chi connectivity index (χ0n) is 9.56. The lowest BCUT2D eigenvalue weighted by atomic mass is 10.2. The van der Waals surface area contributed by atoms with Crippen LogP contribution in [0.1, 0.15) is 0 Å². The van der Waals surface area contributed by atoms with Gasteiger partial charge in [0.2, 0.25) is 0 Å². The third kappa shape index (κ3) is 1.93. The Morgan fingerprint density at radius 3 is 2.56 bits per heavy atom. The van der Waals surface area contributed by atoms with Crippen LogP contribution in [0.2, 0.25) is 0 Å². The Kier molecular flexibility index (Phi) is 2.49. The van der Waals surface area contributed by atoms with Crippen LogP contribution in [0.25, 0.3) is 16.9 Å². The highest BCUT2D eigenvalue weighted by Crippen LogP contribution is 2.17. The van der Waals surface area contributed by atoms with E-state index in [9.17, 15) is 0 Å². The number of anilines is 1. The average Bonchev–Trinajstić information content (AvgIpc) is 2.90. The van der Waals surface area contributed by atoms with Gasteiger partial charge in [0.05, 0.1) is 23.8 Å². The summed E-state index contributed by atoms with van der Waals surface area (Å²) < 4.78 is 1.78. The summed E-state index contributed by atoms with van der Waals surface area (Å²) >= 11 is 0.